The fourth-order valence-corrected chi connectivity index (χ4v) is 4.19. The van der Waals surface area contributed by atoms with Crippen LogP contribution in [0, 0.1) is 5.92 Å². The molecule has 4 rings (SSSR count). The Bertz CT molecular complexity index is 1220. The summed E-state index contributed by atoms with van der Waals surface area (Å²) in [5.74, 6) is -0.907. The molecule has 1 atom stereocenters. The summed E-state index contributed by atoms with van der Waals surface area (Å²) in [7, 11) is 1.37. The molecule has 1 N–H and O–H groups in total. The zero-order valence-corrected chi connectivity index (χ0v) is 19.8. The van der Waals surface area contributed by atoms with Gasteiger partial charge in [-0.1, -0.05) is 36.7 Å². The molecule has 3 aromatic carbocycles. The second-order valence-corrected chi connectivity index (χ2v) is 8.66. The van der Waals surface area contributed by atoms with E-state index in [1.807, 2.05) is 49.4 Å². The summed E-state index contributed by atoms with van der Waals surface area (Å²) >= 11 is 5.88. The van der Waals surface area contributed by atoms with E-state index in [2.05, 4.69) is 5.32 Å². The predicted molar refractivity (Wildman–Crippen MR) is 132 cm³/mol. The maximum atomic E-state index is 12.8. The molecule has 0 spiro atoms. The Hall–Kier alpha value is -3.64. The average molecular weight is 477 g/mol. The lowest BCUT2D eigenvalue weighted by Gasteiger charge is -2.20. The van der Waals surface area contributed by atoms with Crippen molar-refractivity contribution in [3.8, 4) is 11.1 Å². The smallest absolute Gasteiger partial charge is 0.310 e. The van der Waals surface area contributed by atoms with Crippen molar-refractivity contribution in [3.05, 3.63) is 88.4 Å². The van der Waals surface area contributed by atoms with E-state index in [0.29, 0.717) is 41.3 Å². The van der Waals surface area contributed by atoms with Crippen molar-refractivity contribution in [1.82, 2.24) is 4.90 Å². The lowest BCUT2D eigenvalue weighted by atomic mass is 10.0. The molecule has 1 aliphatic heterocycles. The summed E-state index contributed by atoms with van der Waals surface area (Å²) in [6, 6.07) is 20.0. The molecular weight excluding hydrogens is 452 g/mol. The fraction of sp³-hybridized carbons (Fsp3) is 0.222. The number of esters is 1. The molecule has 7 heteroatoms. The van der Waals surface area contributed by atoms with Crippen LogP contribution in [0.4, 0.5) is 5.69 Å². The highest BCUT2D eigenvalue weighted by atomic mass is 35.5. The van der Waals surface area contributed by atoms with Gasteiger partial charge >= 0.3 is 5.97 Å². The van der Waals surface area contributed by atoms with E-state index in [4.69, 9.17) is 16.3 Å². The number of nitrogens with one attached hydrogen (secondary N) is 1. The summed E-state index contributed by atoms with van der Waals surface area (Å²) in [4.78, 5) is 38.9. The number of hydrogen-bond donors (Lipinski definition) is 1. The summed E-state index contributed by atoms with van der Waals surface area (Å²) in [5, 5.41) is 3.45. The van der Waals surface area contributed by atoms with Gasteiger partial charge < -0.3 is 15.0 Å². The van der Waals surface area contributed by atoms with Gasteiger partial charge in [-0.15, -0.1) is 0 Å². The third-order valence-corrected chi connectivity index (χ3v) is 6.29. The lowest BCUT2D eigenvalue weighted by molar-refractivity contribution is -0.146. The molecule has 0 saturated heterocycles. The fourth-order valence-electron chi connectivity index (χ4n) is 4.06. The Labute approximate surface area is 203 Å². The lowest BCUT2D eigenvalue weighted by Crippen LogP contribution is -2.33. The van der Waals surface area contributed by atoms with Crippen LogP contribution in [-0.2, 0) is 16.1 Å². The minimum atomic E-state index is -0.335. The normalized spacial score (nSPS) is 13.4. The monoisotopic (exact) mass is 476 g/mol. The Kier molecular flexibility index (Phi) is 6.98. The number of anilines is 1. The molecule has 0 bridgehead atoms. The number of benzene rings is 3. The largest absolute Gasteiger partial charge is 0.469 e. The molecule has 0 aromatic heterocycles. The number of carbonyl (C=O) groups is 3. The Morgan fingerprint density at radius 3 is 2.35 bits per heavy atom. The van der Waals surface area contributed by atoms with Gasteiger partial charge in [-0.05, 0) is 71.6 Å². The number of hydrogen-bond acceptors (Lipinski definition) is 4. The van der Waals surface area contributed by atoms with Gasteiger partial charge in [-0.3, -0.25) is 14.4 Å². The molecule has 6 nitrogen and oxygen atoms in total. The number of ether oxygens (including phenoxy) is 1. The molecule has 1 heterocycles. The van der Waals surface area contributed by atoms with E-state index in [1.54, 1.807) is 29.2 Å². The van der Waals surface area contributed by atoms with Gasteiger partial charge in [0.1, 0.15) is 0 Å². The number of fused-ring (bicyclic) bond motifs is 1. The first kappa shape index (κ1) is 23.5. The van der Waals surface area contributed by atoms with Gasteiger partial charge in [0.2, 0.25) is 0 Å². The molecule has 3 aromatic rings. The van der Waals surface area contributed by atoms with Crippen LogP contribution >= 0.6 is 11.6 Å². The van der Waals surface area contributed by atoms with Gasteiger partial charge in [0.15, 0.2) is 0 Å². The molecule has 0 saturated carbocycles. The number of methoxy groups -OCH3 is 1. The van der Waals surface area contributed by atoms with Crippen LogP contribution in [0.25, 0.3) is 11.1 Å². The summed E-state index contributed by atoms with van der Waals surface area (Å²) in [6.45, 7) is 2.72. The number of halogens is 1. The van der Waals surface area contributed by atoms with E-state index in [-0.39, 0.29) is 23.7 Å². The van der Waals surface area contributed by atoms with E-state index >= 15 is 0 Å². The molecular formula is C27H25ClN2O4. The third-order valence-electron chi connectivity index (χ3n) is 6.03. The number of nitrogens with zero attached hydrogens (tertiary/aromatic N) is 1. The van der Waals surface area contributed by atoms with Crippen LogP contribution in [-0.4, -0.2) is 36.3 Å². The summed E-state index contributed by atoms with van der Waals surface area (Å²) < 4.78 is 4.86. The van der Waals surface area contributed by atoms with Crippen LogP contribution in [0.5, 0.6) is 0 Å². The molecule has 1 aliphatic rings. The van der Waals surface area contributed by atoms with Crippen LogP contribution in [0.1, 0.15) is 39.6 Å². The SMILES string of the molecule is CC[C@@H](CN1Cc2cc(-c3ccc(NC(=O)c4ccc(Cl)cc4)cc3)ccc2C1=O)C(=O)OC. The van der Waals surface area contributed by atoms with Gasteiger partial charge in [0, 0.05) is 34.9 Å². The minimum absolute atomic E-state index is 0.0656. The number of rotatable bonds is 7. The highest BCUT2D eigenvalue weighted by Crippen LogP contribution is 2.30. The van der Waals surface area contributed by atoms with Crippen LogP contribution < -0.4 is 5.32 Å². The topological polar surface area (TPSA) is 75.7 Å². The van der Waals surface area contributed by atoms with Crippen molar-refractivity contribution in [2.75, 3.05) is 19.0 Å². The highest BCUT2D eigenvalue weighted by Gasteiger charge is 2.31. The first-order valence-electron chi connectivity index (χ1n) is 11.1. The van der Waals surface area contributed by atoms with Crippen molar-refractivity contribution in [2.45, 2.75) is 19.9 Å². The third kappa shape index (κ3) is 4.97. The number of amides is 2. The molecule has 0 fully saturated rings. The Balaban J connectivity index is 1.45. The van der Waals surface area contributed by atoms with Crippen LogP contribution in [0.2, 0.25) is 5.02 Å². The van der Waals surface area contributed by atoms with E-state index < -0.39 is 0 Å². The Morgan fingerprint density at radius 1 is 1.03 bits per heavy atom. The first-order chi connectivity index (χ1) is 16.4. The molecule has 2 amide bonds. The van der Waals surface area contributed by atoms with E-state index in [9.17, 15) is 14.4 Å². The van der Waals surface area contributed by atoms with Crippen LogP contribution in [0.15, 0.2) is 66.7 Å². The average Bonchev–Trinajstić information content (AvgIpc) is 3.17. The zero-order valence-electron chi connectivity index (χ0n) is 19.0. The standard InChI is InChI=1S/C27H25ClN2O4/c1-3-17(27(33)34-2)15-30-16-21-14-20(8-13-24(21)26(30)32)18-6-11-23(12-7-18)29-25(31)19-4-9-22(28)10-5-19/h4-14,17H,3,15-16H2,1-2H3,(H,29,31)/t17-/m0/s1. The second-order valence-electron chi connectivity index (χ2n) is 8.22. The first-order valence-corrected chi connectivity index (χ1v) is 11.4. The van der Waals surface area contributed by atoms with Crippen molar-refractivity contribution >= 4 is 35.1 Å². The van der Waals surface area contributed by atoms with E-state index in [1.165, 1.54) is 7.11 Å². The maximum absolute atomic E-state index is 12.8. The van der Waals surface area contributed by atoms with Crippen molar-refractivity contribution in [3.63, 3.8) is 0 Å². The summed E-state index contributed by atoms with van der Waals surface area (Å²) in [6.07, 6.45) is 0.610. The maximum Gasteiger partial charge on any atom is 0.310 e. The highest BCUT2D eigenvalue weighted by molar-refractivity contribution is 6.30. The van der Waals surface area contributed by atoms with Crippen molar-refractivity contribution in [2.24, 2.45) is 5.92 Å². The van der Waals surface area contributed by atoms with Crippen molar-refractivity contribution in [1.29, 1.82) is 0 Å². The quantitative estimate of drug-likeness (QED) is 0.462. The van der Waals surface area contributed by atoms with Crippen LogP contribution in [0.3, 0.4) is 0 Å². The Morgan fingerprint density at radius 2 is 1.71 bits per heavy atom. The van der Waals surface area contributed by atoms with Gasteiger partial charge in [-0.25, -0.2) is 0 Å². The van der Waals surface area contributed by atoms with Gasteiger partial charge in [0.05, 0.1) is 13.0 Å². The molecule has 34 heavy (non-hydrogen) atoms. The molecule has 0 unspecified atom stereocenters. The minimum Gasteiger partial charge on any atom is -0.469 e. The second kappa shape index (κ2) is 10.1. The zero-order chi connectivity index (χ0) is 24.2. The predicted octanol–water partition coefficient (Wildman–Crippen LogP) is 5.41. The van der Waals surface area contributed by atoms with E-state index in [0.717, 1.165) is 16.7 Å². The van der Waals surface area contributed by atoms with Crippen molar-refractivity contribution < 1.29 is 19.1 Å². The van der Waals surface area contributed by atoms with Gasteiger partial charge in [0.25, 0.3) is 11.8 Å². The molecule has 174 valence electrons. The summed E-state index contributed by atoms with van der Waals surface area (Å²) in [5.41, 5.74) is 4.75. The number of carbonyl (C=O) groups excluding carboxylic acids is 3. The molecule has 0 aliphatic carbocycles. The van der Waals surface area contributed by atoms with Gasteiger partial charge in [-0.2, -0.15) is 0 Å². The molecule has 0 radical (unpaired) electrons.